The Morgan fingerprint density at radius 1 is 1.12 bits per heavy atom. The van der Waals surface area contributed by atoms with E-state index in [-0.39, 0.29) is 11.3 Å². The lowest BCUT2D eigenvalue weighted by Gasteiger charge is -2.33. The second-order valence-electron chi connectivity index (χ2n) is 6.69. The first-order valence-corrected chi connectivity index (χ1v) is 6.59. The summed E-state index contributed by atoms with van der Waals surface area (Å²) in [5.41, 5.74) is 1.45. The third-order valence-corrected chi connectivity index (χ3v) is 4.45. The molecule has 0 amide bonds. The standard InChI is InChI=1S/C16H20O/c1-16(2,3)14-13(10-7-5-4-6-8-10)11-9-12(11)15(14)17/h4-8,11-14H,9H2,1-3H3/t11-,12+,13+,14-/m1/s1. The van der Waals surface area contributed by atoms with E-state index in [1.165, 1.54) is 5.56 Å². The summed E-state index contributed by atoms with van der Waals surface area (Å²) < 4.78 is 0. The van der Waals surface area contributed by atoms with Crippen LogP contribution in [-0.2, 0) is 4.79 Å². The molecular formula is C16H20O. The average Bonchev–Trinajstić information content (AvgIpc) is 2.99. The maximum Gasteiger partial charge on any atom is 0.140 e. The van der Waals surface area contributed by atoms with Crippen LogP contribution in [0.25, 0.3) is 0 Å². The van der Waals surface area contributed by atoms with Crippen LogP contribution < -0.4 is 0 Å². The van der Waals surface area contributed by atoms with E-state index in [4.69, 9.17) is 0 Å². The highest BCUT2D eigenvalue weighted by atomic mass is 16.1. The van der Waals surface area contributed by atoms with Gasteiger partial charge in [0, 0.05) is 11.8 Å². The molecular weight excluding hydrogens is 208 g/mol. The predicted molar refractivity (Wildman–Crippen MR) is 68.7 cm³/mol. The Kier molecular flexibility index (Phi) is 2.23. The van der Waals surface area contributed by atoms with Gasteiger partial charge in [-0.3, -0.25) is 4.79 Å². The van der Waals surface area contributed by atoms with Crippen molar-refractivity contribution >= 4 is 5.78 Å². The zero-order valence-electron chi connectivity index (χ0n) is 10.8. The Balaban J connectivity index is 2.00. The monoisotopic (exact) mass is 228 g/mol. The van der Waals surface area contributed by atoms with Gasteiger partial charge < -0.3 is 0 Å². The Bertz CT molecular complexity index is 440. The van der Waals surface area contributed by atoms with Crippen LogP contribution in [0.1, 0.15) is 38.7 Å². The highest BCUT2D eigenvalue weighted by Gasteiger charge is 2.62. The minimum atomic E-state index is 0.0883. The van der Waals surface area contributed by atoms with Crippen LogP contribution in [0, 0.1) is 23.2 Å². The molecule has 1 aromatic carbocycles. The summed E-state index contributed by atoms with van der Waals surface area (Å²) in [6, 6.07) is 10.6. The fraction of sp³-hybridized carbons (Fsp3) is 0.562. The summed E-state index contributed by atoms with van der Waals surface area (Å²) in [6.45, 7) is 6.61. The highest BCUT2D eigenvalue weighted by Crippen LogP contribution is 2.63. The van der Waals surface area contributed by atoms with Gasteiger partial charge in [0.25, 0.3) is 0 Å². The van der Waals surface area contributed by atoms with E-state index < -0.39 is 0 Å². The van der Waals surface area contributed by atoms with Crippen LogP contribution in [0.2, 0.25) is 0 Å². The Hall–Kier alpha value is -1.11. The molecule has 0 unspecified atom stereocenters. The van der Waals surface area contributed by atoms with Gasteiger partial charge in [0.1, 0.15) is 5.78 Å². The normalized spacial score (nSPS) is 35.8. The van der Waals surface area contributed by atoms with Gasteiger partial charge in [-0.1, -0.05) is 51.1 Å². The number of hydrogen-bond donors (Lipinski definition) is 0. The maximum atomic E-state index is 12.4. The molecule has 0 N–H and O–H groups in total. The number of carbonyl (C=O) groups is 1. The van der Waals surface area contributed by atoms with Gasteiger partial charge in [-0.2, -0.15) is 0 Å². The SMILES string of the molecule is CC(C)(C)[C@H]1C(=O)[C@H]2C[C@H]2[C@@H]1c1ccccc1. The number of fused-ring (bicyclic) bond motifs is 1. The fourth-order valence-corrected chi connectivity index (χ4v) is 3.67. The van der Waals surface area contributed by atoms with Crippen molar-refractivity contribution in [1.29, 1.82) is 0 Å². The van der Waals surface area contributed by atoms with Crippen molar-refractivity contribution in [3.05, 3.63) is 35.9 Å². The van der Waals surface area contributed by atoms with Crippen LogP contribution >= 0.6 is 0 Å². The van der Waals surface area contributed by atoms with Gasteiger partial charge >= 0.3 is 0 Å². The molecule has 1 nitrogen and oxygen atoms in total. The summed E-state index contributed by atoms with van der Waals surface area (Å²) in [7, 11) is 0. The summed E-state index contributed by atoms with van der Waals surface area (Å²) in [5.74, 6) is 2.22. The van der Waals surface area contributed by atoms with Crippen LogP contribution in [0.5, 0.6) is 0 Å². The van der Waals surface area contributed by atoms with Crippen LogP contribution in [-0.4, -0.2) is 5.78 Å². The van der Waals surface area contributed by atoms with Crippen molar-refractivity contribution in [2.24, 2.45) is 23.2 Å². The lowest BCUT2D eigenvalue weighted by atomic mass is 9.70. The van der Waals surface area contributed by atoms with Crippen LogP contribution in [0.4, 0.5) is 0 Å². The Labute approximate surface area is 103 Å². The highest BCUT2D eigenvalue weighted by molar-refractivity contribution is 5.91. The van der Waals surface area contributed by atoms with E-state index in [2.05, 4.69) is 51.1 Å². The first-order valence-electron chi connectivity index (χ1n) is 6.59. The molecule has 3 rings (SSSR count). The van der Waals surface area contributed by atoms with Crippen molar-refractivity contribution in [2.45, 2.75) is 33.1 Å². The fourth-order valence-electron chi connectivity index (χ4n) is 3.67. The van der Waals surface area contributed by atoms with E-state index in [0.717, 1.165) is 6.42 Å². The Morgan fingerprint density at radius 3 is 2.35 bits per heavy atom. The zero-order valence-corrected chi connectivity index (χ0v) is 10.8. The van der Waals surface area contributed by atoms with Crippen LogP contribution in [0.3, 0.4) is 0 Å². The van der Waals surface area contributed by atoms with E-state index >= 15 is 0 Å². The van der Waals surface area contributed by atoms with Crippen molar-refractivity contribution in [3.63, 3.8) is 0 Å². The van der Waals surface area contributed by atoms with E-state index in [9.17, 15) is 4.79 Å². The number of carbonyl (C=O) groups excluding carboxylic acids is 1. The molecule has 17 heavy (non-hydrogen) atoms. The lowest BCUT2D eigenvalue weighted by Crippen LogP contribution is -2.31. The third kappa shape index (κ3) is 1.64. The van der Waals surface area contributed by atoms with E-state index in [1.807, 2.05) is 0 Å². The first-order chi connectivity index (χ1) is 8.00. The molecule has 2 saturated carbocycles. The largest absolute Gasteiger partial charge is 0.299 e. The van der Waals surface area contributed by atoms with Gasteiger partial charge in [-0.05, 0) is 29.2 Å². The molecule has 2 fully saturated rings. The third-order valence-electron chi connectivity index (χ3n) is 4.45. The molecule has 0 aliphatic heterocycles. The number of Topliss-reactive ketones (excluding diaryl/α,β-unsaturated/α-hetero) is 1. The molecule has 0 bridgehead atoms. The van der Waals surface area contributed by atoms with Gasteiger partial charge in [0.15, 0.2) is 0 Å². The molecule has 0 spiro atoms. The van der Waals surface area contributed by atoms with E-state index in [0.29, 0.717) is 23.5 Å². The van der Waals surface area contributed by atoms with Gasteiger partial charge in [-0.25, -0.2) is 0 Å². The summed E-state index contributed by atoms with van der Waals surface area (Å²) in [6.07, 6.45) is 1.13. The molecule has 4 atom stereocenters. The quantitative estimate of drug-likeness (QED) is 0.717. The van der Waals surface area contributed by atoms with Crippen molar-refractivity contribution in [1.82, 2.24) is 0 Å². The first kappa shape index (κ1) is 11.0. The Morgan fingerprint density at radius 2 is 1.76 bits per heavy atom. The summed E-state index contributed by atoms with van der Waals surface area (Å²) in [5, 5.41) is 0. The second kappa shape index (κ2) is 3.44. The van der Waals surface area contributed by atoms with Crippen molar-refractivity contribution < 1.29 is 4.79 Å². The maximum absolute atomic E-state index is 12.4. The molecule has 0 heterocycles. The molecule has 1 aromatic rings. The van der Waals surface area contributed by atoms with Gasteiger partial charge in [0.05, 0.1) is 0 Å². The second-order valence-corrected chi connectivity index (χ2v) is 6.69. The molecule has 90 valence electrons. The summed E-state index contributed by atoms with van der Waals surface area (Å²) >= 11 is 0. The number of hydrogen-bond acceptors (Lipinski definition) is 1. The smallest absolute Gasteiger partial charge is 0.140 e. The zero-order chi connectivity index (χ0) is 12.2. The molecule has 2 aliphatic carbocycles. The number of benzene rings is 1. The molecule has 2 aliphatic rings. The summed E-state index contributed by atoms with van der Waals surface area (Å²) in [4.78, 5) is 12.4. The van der Waals surface area contributed by atoms with Gasteiger partial charge in [-0.15, -0.1) is 0 Å². The van der Waals surface area contributed by atoms with E-state index in [1.54, 1.807) is 0 Å². The average molecular weight is 228 g/mol. The van der Waals surface area contributed by atoms with Crippen LogP contribution in [0.15, 0.2) is 30.3 Å². The van der Waals surface area contributed by atoms with Crippen molar-refractivity contribution in [3.8, 4) is 0 Å². The molecule has 0 aromatic heterocycles. The van der Waals surface area contributed by atoms with Crippen molar-refractivity contribution in [2.75, 3.05) is 0 Å². The lowest BCUT2D eigenvalue weighted by molar-refractivity contribution is -0.125. The minimum absolute atomic E-state index is 0.0883. The number of rotatable bonds is 1. The predicted octanol–water partition coefficient (Wildman–Crippen LogP) is 3.65. The topological polar surface area (TPSA) is 17.1 Å². The number of ketones is 1. The molecule has 1 heteroatoms. The molecule has 0 saturated heterocycles. The minimum Gasteiger partial charge on any atom is -0.299 e. The molecule has 0 radical (unpaired) electrons. The van der Waals surface area contributed by atoms with Gasteiger partial charge in [0.2, 0.25) is 0 Å².